The Hall–Kier alpha value is -4.98. The molecule has 7 rings (SSSR count). The number of anilines is 2. The summed E-state index contributed by atoms with van der Waals surface area (Å²) >= 11 is 0. The van der Waals surface area contributed by atoms with Crippen LogP contribution < -0.4 is 15.1 Å². The summed E-state index contributed by atoms with van der Waals surface area (Å²) in [6, 6.07) is 12.6. The van der Waals surface area contributed by atoms with Crippen LogP contribution in [0.3, 0.4) is 0 Å². The molecule has 0 bridgehead atoms. The second-order valence-electron chi connectivity index (χ2n) is 14.9. The topological polar surface area (TPSA) is 126 Å². The molecule has 2 atom stereocenters. The number of hydrogen-bond acceptors (Lipinski definition) is 8. The molecule has 1 fully saturated rings. The number of fused-ring (bicyclic) bond motifs is 3. The maximum absolute atomic E-state index is 14.8. The average Bonchev–Trinajstić information content (AvgIpc) is 3.68. The molecule has 278 valence electrons. The summed E-state index contributed by atoms with van der Waals surface area (Å²) < 4.78 is 74.2. The smallest absolute Gasteiger partial charge is 0.250 e. The second-order valence-corrected chi connectivity index (χ2v) is 17.4. The first-order chi connectivity index (χ1) is 25.1. The number of piperidine rings is 1. The molecule has 0 radical (unpaired) electrons. The normalized spacial score (nSPS) is 20.1. The van der Waals surface area contributed by atoms with Crippen LogP contribution in [-0.4, -0.2) is 54.8 Å². The fourth-order valence-electron chi connectivity index (χ4n) is 8.21. The van der Waals surface area contributed by atoms with Crippen molar-refractivity contribution in [2.75, 3.05) is 29.4 Å². The lowest BCUT2D eigenvalue weighted by Gasteiger charge is -2.42. The summed E-state index contributed by atoms with van der Waals surface area (Å²) in [5, 5.41) is 10.9. The van der Waals surface area contributed by atoms with E-state index in [1.807, 2.05) is 6.07 Å². The van der Waals surface area contributed by atoms with Crippen LogP contribution >= 0.6 is 0 Å². The summed E-state index contributed by atoms with van der Waals surface area (Å²) in [5.74, 6) is -2.84. The molecule has 1 N–H and O–H groups in total. The molecule has 10 nitrogen and oxygen atoms in total. The molecular weight excluding hydrogens is 708 g/mol. The van der Waals surface area contributed by atoms with Gasteiger partial charge in [0.2, 0.25) is 23.6 Å². The summed E-state index contributed by atoms with van der Waals surface area (Å²) in [5.41, 5.74) is 2.82. The van der Waals surface area contributed by atoms with Gasteiger partial charge in [-0.15, -0.1) is 10.2 Å². The molecule has 0 unspecified atom stereocenters. The molecule has 4 aromatic rings. The Morgan fingerprint density at radius 2 is 1.79 bits per heavy atom. The van der Waals surface area contributed by atoms with Crippen molar-refractivity contribution in [3.63, 3.8) is 0 Å². The van der Waals surface area contributed by atoms with E-state index in [2.05, 4.69) is 27.0 Å². The zero-order valence-corrected chi connectivity index (χ0v) is 30.5. The molecule has 53 heavy (non-hydrogen) atoms. The SMILES string of the molecule is C=CC(=O)N1CC(C)(C)S(=O)(=O)c2cc(N3CCC4(CC3)C[C@@H](CC(=O)N[C@H](Cc3ccc(F)c(F)c3)c3nnc(C)o3)c3ccc(F)cc34)ccc21. The van der Waals surface area contributed by atoms with E-state index < -0.39 is 37.7 Å². The van der Waals surface area contributed by atoms with Gasteiger partial charge >= 0.3 is 0 Å². The van der Waals surface area contributed by atoms with E-state index in [1.54, 1.807) is 45.0 Å². The molecule has 1 aliphatic carbocycles. The van der Waals surface area contributed by atoms with Crippen molar-refractivity contribution < 1.29 is 35.6 Å². The minimum Gasteiger partial charge on any atom is -0.423 e. The van der Waals surface area contributed by atoms with Crippen molar-refractivity contribution in [1.82, 2.24) is 15.5 Å². The predicted octanol–water partition coefficient (Wildman–Crippen LogP) is 6.40. The molecular formula is C39H40F3N5O5S. The Bertz CT molecular complexity index is 2230. The van der Waals surface area contributed by atoms with E-state index in [0.29, 0.717) is 49.3 Å². The van der Waals surface area contributed by atoms with E-state index >= 15 is 0 Å². The summed E-state index contributed by atoms with van der Waals surface area (Å²) in [4.78, 5) is 30.1. The van der Waals surface area contributed by atoms with Crippen LogP contribution in [0.5, 0.6) is 0 Å². The van der Waals surface area contributed by atoms with Crippen molar-refractivity contribution >= 4 is 33.0 Å². The van der Waals surface area contributed by atoms with Gasteiger partial charge in [-0.3, -0.25) is 9.59 Å². The monoisotopic (exact) mass is 747 g/mol. The molecule has 3 aliphatic rings. The first-order valence-electron chi connectivity index (χ1n) is 17.5. The molecule has 2 aliphatic heterocycles. The van der Waals surface area contributed by atoms with Crippen molar-refractivity contribution in [3.05, 3.63) is 113 Å². The Labute approximate surface area is 306 Å². The molecule has 14 heteroatoms. The number of hydrogen-bond donors (Lipinski definition) is 1. The highest BCUT2D eigenvalue weighted by molar-refractivity contribution is 7.93. The van der Waals surface area contributed by atoms with E-state index in [4.69, 9.17) is 4.42 Å². The minimum absolute atomic E-state index is 0.0133. The summed E-state index contributed by atoms with van der Waals surface area (Å²) in [6.45, 7) is 9.54. The number of rotatable bonds is 8. The number of aromatic nitrogens is 2. The van der Waals surface area contributed by atoms with Crippen molar-refractivity contribution in [3.8, 4) is 0 Å². The average molecular weight is 748 g/mol. The van der Waals surface area contributed by atoms with Crippen LogP contribution in [0.4, 0.5) is 24.5 Å². The zero-order chi connectivity index (χ0) is 37.9. The highest BCUT2D eigenvalue weighted by Crippen LogP contribution is 2.53. The van der Waals surface area contributed by atoms with Gasteiger partial charge in [-0.2, -0.15) is 0 Å². The van der Waals surface area contributed by atoms with Crippen LogP contribution in [0.2, 0.25) is 0 Å². The van der Waals surface area contributed by atoms with Crippen molar-refractivity contribution in [2.24, 2.45) is 0 Å². The number of amides is 2. The Balaban J connectivity index is 1.10. The predicted molar refractivity (Wildman–Crippen MR) is 192 cm³/mol. The number of halogens is 3. The maximum Gasteiger partial charge on any atom is 0.250 e. The lowest BCUT2D eigenvalue weighted by molar-refractivity contribution is -0.122. The molecule has 2 amide bonds. The van der Waals surface area contributed by atoms with Gasteiger partial charge < -0.3 is 19.5 Å². The standard InChI is InChI=1S/C39H40F3N5O5S/c1-5-36(49)47-22-38(3,4)53(50,51)34-20-27(8-11-33(34)47)46-14-12-39(13-15-46)21-25(28-9-7-26(40)19-29(28)39)18-35(48)43-32(37-45-44-23(2)52-37)17-24-6-10-30(41)31(42)16-24/h5-11,16,19-20,25,32H,1,12-15,17-18,21-22H2,2-4H3,(H,43,48)/t25-,32-/m1/s1. The lowest BCUT2D eigenvalue weighted by Crippen LogP contribution is -2.51. The van der Waals surface area contributed by atoms with Gasteiger partial charge in [0.1, 0.15) is 11.9 Å². The van der Waals surface area contributed by atoms with Gasteiger partial charge in [0, 0.05) is 45.1 Å². The van der Waals surface area contributed by atoms with Gasteiger partial charge in [0.25, 0.3) is 0 Å². The van der Waals surface area contributed by atoms with Crippen molar-refractivity contribution in [1.29, 1.82) is 0 Å². The van der Waals surface area contributed by atoms with Crippen molar-refractivity contribution in [2.45, 2.75) is 79.9 Å². The van der Waals surface area contributed by atoms with Crippen LogP contribution in [-0.2, 0) is 31.3 Å². The number of nitrogens with one attached hydrogen (secondary N) is 1. The van der Waals surface area contributed by atoms with Gasteiger partial charge in [-0.25, -0.2) is 21.6 Å². The fraction of sp³-hybridized carbons (Fsp3) is 0.385. The van der Waals surface area contributed by atoms with Gasteiger partial charge in [-0.1, -0.05) is 18.7 Å². The number of benzene rings is 3. The lowest BCUT2D eigenvalue weighted by atomic mass is 9.73. The number of aryl methyl sites for hydroxylation is 1. The van der Waals surface area contributed by atoms with Crippen LogP contribution in [0.25, 0.3) is 0 Å². The molecule has 1 spiro atoms. The Morgan fingerprint density at radius 3 is 2.47 bits per heavy atom. The Kier molecular flexibility index (Phi) is 9.24. The van der Waals surface area contributed by atoms with Crippen LogP contribution in [0.1, 0.15) is 80.0 Å². The van der Waals surface area contributed by atoms with Crippen LogP contribution in [0.15, 0.2) is 76.6 Å². The molecule has 3 heterocycles. The van der Waals surface area contributed by atoms with Gasteiger partial charge in [-0.05, 0) is 110 Å². The number of carbonyl (C=O) groups is 2. The maximum atomic E-state index is 14.8. The highest BCUT2D eigenvalue weighted by Gasteiger charge is 2.48. The van der Waals surface area contributed by atoms with Gasteiger partial charge in [0.15, 0.2) is 21.5 Å². The molecule has 3 aromatic carbocycles. The minimum atomic E-state index is -3.77. The molecule has 0 saturated carbocycles. The zero-order valence-electron chi connectivity index (χ0n) is 29.7. The fourth-order valence-corrected chi connectivity index (χ4v) is 9.83. The quantitative estimate of drug-likeness (QED) is 0.206. The largest absolute Gasteiger partial charge is 0.423 e. The number of carbonyl (C=O) groups excluding carboxylic acids is 2. The third-order valence-electron chi connectivity index (χ3n) is 11.0. The molecule has 1 aromatic heterocycles. The Morgan fingerprint density at radius 1 is 1.04 bits per heavy atom. The van der Waals surface area contributed by atoms with E-state index in [0.717, 1.165) is 23.3 Å². The molecule has 1 saturated heterocycles. The number of nitrogens with zero attached hydrogens (tertiary/aromatic N) is 4. The van der Waals surface area contributed by atoms with Crippen LogP contribution in [0, 0.1) is 24.4 Å². The van der Waals surface area contributed by atoms with E-state index in [-0.39, 0.29) is 59.6 Å². The summed E-state index contributed by atoms with van der Waals surface area (Å²) in [7, 11) is -3.77. The number of sulfone groups is 1. The van der Waals surface area contributed by atoms with E-state index in [1.165, 1.54) is 23.1 Å². The van der Waals surface area contributed by atoms with E-state index in [9.17, 15) is 31.2 Å². The van der Waals surface area contributed by atoms with Gasteiger partial charge in [0.05, 0.1) is 15.3 Å². The second kappa shape index (κ2) is 13.5. The highest BCUT2D eigenvalue weighted by atomic mass is 32.2. The first kappa shape index (κ1) is 36.4. The third-order valence-corrected chi connectivity index (χ3v) is 13.5. The first-order valence-corrected chi connectivity index (χ1v) is 19.0. The summed E-state index contributed by atoms with van der Waals surface area (Å²) in [6.07, 6.45) is 3.23. The third kappa shape index (κ3) is 6.62.